The molecule has 2 atom stereocenters. The molecule has 0 spiro atoms. The SMILES string of the molecule is O=C1CCC(C(=O)N/N=C/NNC(=O)C2CCC(=O)N2)N1. The predicted octanol–water partition coefficient (Wildman–Crippen LogP) is -2.78. The van der Waals surface area contributed by atoms with Gasteiger partial charge in [-0.05, 0) is 12.8 Å². The Morgan fingerprint density at radius 1 is 1.05 bits per heavy atom. The third-order valence-electron chi connectivity index (χ3n) is 3.12. The zero-order valence-electron chi connectivity index (χ0n) is 11.1. The summed E-state index contributed by atoms with van der Waals surface area (Å²) in [6, 6.07) is -1.13. The molecule has 10 heteroatoms. The molecule has 4 amide bonds. The number of amides is 4. The van der Waals surface area contributed by atoms with Crippen LogP contribution in [0.3, 0.4) is 0 Å². The Morgan fingerprint density at radius 3 is 2.14 bits per heavy atom. The molecule has 2 fully saturated rings. The summed E-state index contributed by atoms with van der Waals surface area (Å²) in [5.41, 5.74) is 6.94. The molecule has 10 nitrogen and oxygen atoms in total. The fourth-order valence-corrected chi connectivity index (χ4v) is 2.02. The molecule has 2 unspecified atom stereocenters. The summed E-state index contributed by atoms with van der Waals surface area (Å²) >= 11 is 0. The number of carbonyl (C=O) groups is 4. The Hall–Kier alpha value is -2.65. The van der Waals surface area contributed by atoms with E-state index in [4.69, 9.17) is 0 Å². The Kier molecular flexibility index (Phi) is 4.69. The maximum atomic E-state index is 11.5. The van der Waals surface area contributed by atoms with Gasteiger partial charge in [-0.2, -0.15) is 5.10 Å². The minimum absolute atomic E-state index is 0.158. The number of nitrogens with one attached hydrogen (secondary N) is 5. The van der Waals surface area contributed by atoms with Crippen LogP contribution in [0.25, 0.3) is 0 Å². The van der Waals surface area contributed by atoms with Gasteiger partial charge in [-0.25, -0.2) is 5.43 Å². The monoisotopic (exact) mass is 296 g/mol. The first-order chi connectivity index (χ1) is 10.1. The highest BCUT2D eigenvalue weighted by atomic mass is 16.2. The van der Waals surface area contributed by atoms with Gasteiger partial charge in [0, 0.05) is 12.8 Å². The fourth-order valence-electron chi connectivity index (χ4n) is 2.02. The maximum absolute atomic E-state index is 11.5. The fraction of sp³-hybridized carbons (Fsp3) is 0.545. The highest BCUT2D eigenvalue weighted by molar-refractivity contribution is 5.92. The minimum atomic E-state index is -0.571. The summed E-state index contributed by atoms with van der Waals surface area (Å²) in [5.74, 6) is -1.13. The van der Waals surface area contributed by atoms with Crippen molar-refractivity contribution in [2.24, 2.45) is 5.10 Å². The van der Waals surface area contributed by atoms with Crippen LogP contribution in [0.15, 0.2) is 5.10 Å². The van der Waals surface area contributed by atoms with Gasteiger partial charge in [-0.1, -0.05) is 0 Å². The van der Waals surface area contributed by atoms with E-state index in [1.807, 2.05) is 0 Å². The Labute approximate surface area is 120 Å². The van der Waals surface area contributed by atoms with Gasteiger partial charge in [-0.3, -0.25) is 30.0 Å². The van der Waals surface area contributed by atoms with Gasteiger partial charge in [-0.15, -0.1) is 0 Å². The first kappa shape index (κ1) is 14.8. The van der Waals surface area contributed by atoms with Crippen molar-refractivity contribution in [3.05, 3.63) is 0 Å². The summed E-state index contributed by atoms with van der Waals surface area (Å²) in [4.78, 5) is 45.0. The van der Waals surface area contributed by atoms with E-state index in [0.29, 0.717) is 25.7 Å². The second kappa shape index (κ2) is 6.68. The molecule has 0 aliphatic carbocycles. The molecule has 0 aromatic heterocycles. The van der Waals surface area contributed by atoms with Crippen molar-refractivity contribution in [2.75, 3.05) is 0 Å². The molecule has 2 saturated heterocycles. The maximum Gasteiger partial charge on any atom is 0.262 e. The lowest BCUT2D eigenvalue weighted by molar-refractivity contribution is -0.126. The molecule has 21 heavy (non-hydrogen) atoms. The molecule has 2 rings (SSSR count). The van der Waals surface area contributed by atoms with Crippen LogP contribution in [0.2, 0.25) is 0 Å². The van der Waals surface area contributed by atoms with Gasteiger partial charge in [0.15, 0.2) is 0 Å². The van der Waals surface area contributed by atoms with Crippen LogP contribution < -0.4 is 26.9 Å². The lowest BCUT2D eigenvalue weighted by Crippen LogP contribution is -2.47. The van der Waals surface area contributed by atoms with Crippen molar-refractivity contribution < 1.29 is 19.2 Å². The van der Waals surface area contributed by atoms with Crippen LogP contribution in [-0.4, -0.2) is 42.1 Å². The average molecular weight is 296 g/mol. The number of hydrogen-bond donors (Lipinski definition) is 5. The van der Waals surface area contributed by atoms with Crippen LogP contribution >= 0.6 is 0 Å². The second-order valence-electron chi connectivity index (χ2n) is 4.69. The van der Waals surface area contributed by atoms with E-state index in [9.17, 15) is 19.2 Å². The van der Waals surface area contributed by atoms with Crippen LogP contribution in [0, 0.1) is 0 Å². The Bertz CT molecular complexity index is 491. The van der Waals surface area contributed by atoms with Gasteiger partial charge in [0.05, 0.1) is 0 Å². The quantitative estimate of drug-likeness (QED) is 0.212. The summed E-state index contributed by atoms with van der Waals surface area (Å²) in [6.07, 6.45) is 2.62. The molecule has 0 bridgehead atoms. The largest absolute Gasteiger partial charge is 0.344 e. The zero-order chi connectivity index (χ0) is 15.2. The molecular formula is C11H16N6O4. The van der Waals surface area contributed by atoms with Crippen LogP contribution in [0.1, 0.15) is 25.7 Å². The van der Waals surface area contributed by atoms with Crippen molar-refractivity contribution in [1.82, 2.24) is 26.9 Å². The van der Waals surface area contributed by atoms with Crippen LogP contribution in [0.5, 0.6) is 0 Å². The number of hydrazine groups is 1. The zero-order valence-corrected chi connectivity index (χ0v) is 11.1. The Balaban J connectivity index is 1.62. The third kappa shape index (κ3) is 4.16. The molecule has 0 aromatic carbocycles. The topological polar surface area (TPSA) is 141 Å². The number of hydrogen-bond acceptors (Lipinski definition) is 5. The van der Waals surface area contributed by atoms with Gasteiger partial charge in [0.1, 0.15) is 18.4 Å². The molecule has 2 aliphatic heterocycles. The van der Waals surface area contributed by atoms with Crippen molar-refractivity contribution >= 4 is 30.0 Å². The van der Waals surface area contributed by atoms with E-state index in [0.717, 1.165) is 6.34 Å². The van der Waals surface area contributed by atoms with Gasteiger partial charge in [0.2, 0.25) is 11.8 Å². The third-order valence-corrected chi connectivity index (χ3v) is 3.12. The van der Waals surface area contributed by atoms with E-state index < -0.39 is 18.0 Å². The summed E-state index contributed by atoms with van der Waals surface area (Å²) in [5, 5.41) is 8.57. The number of hydrazone groups is 1. The van der Waals surface area contributed by atoms with Crippen LogP contribution in [0.4, 0.5) is 0 Å². The highest BCUT2D eigenvalue weighted by Gasteiger charge is 2.27. The summed E-state index contributed by atoms with van der Waals surface area (Å²) < 4.78 is 0. The molecule has 5 N–H and O–H groups in total. The van der Waals surface area contributed by atoms with Crippen molar-refractivity contribution in [3.63, 3.8) is 0 Å². The average Bonchev–Trinajstić information content (AvgIpc) is 3.06. The molecule has 2 heterocycles. The lowest BCUT2D eigenvalue weighted by Gasteiger charge is -2.10. The summed E-state index contributed by atoms with van der Waals surface area (Å²) in [7, 11) is 0. The van der Waals surface area contributed by atoms with Gasteiger partial charge >= 0.3 is 0 Å². The lowest BCUT2D eigenvalue weighted by atomic mass is 10.2. The second-order valence-corrected chi connectivity index (χ2v) is 4.69. The molecule has 0 saturated carbocycles. The van der Waals surface area contributed by atoms with E-state index in [-0.39, 0.29) is 17.7 Å². The first-order valence-electron chi connectivity index (χ1n) is 6.52. The number of nitrogens with zero attached hydrogens (tertiary/aromatic N) is 1. The predicted molar refractivity (Wildman–Crippen MR) is 70.2 cm³/mol. The molecule has 114 valence electrons. The molecule has 0 aromatic rings. The van der Waals surface area contributed by atoms with E-state index >= 15 is 0 Å². The summed E-state index contributed by atoms with van der Waals surface area (Å²) in [6.45, 7) is 0. The number of carbonyl (C=O) groups excluding carboxylic acids is 4. The van der Waals surface area contributed by atoms with Crippen molar-refractivity contribution in [2.45, 2.75) is 37.8 Å². The van der Waals surface area contributed by atoms with E-state index in [1.165, 1.54) is 0 Å². The number of rotatable bonds is 5. The first-order valence-corrected chi connectivity index (χ1v) is 6.52. The standard InChI is InChI=1S/C11H16N6O4/c18-8-3-1-6(14-8)10(20)16-12-5-13-17-11(21)7-2-4-9(19)15-7/h5-7H,1-4H2,(H,12,13)(H,14,18)(H,15,19)(H,16,20)(H,17,21). The molecule has 0 radical (unpaired) electrons. The normalized spacial score (nSPS) is 24.6. The molecular weight excluding hydrogens is 280 g/mol. The Morgan fingerprint density at radius 2 is 1.62 bits per heavy atom. The smallest absolute Gasteiger partial charge is 0.262 e. The van der Waals surface area contributed by atoms with Gasteiger partial charge in [0.25, 0.3) is 11.8 Å². The van der Waals surface area contributed by atoms with E-state index in [2.05, 4.69) is 32.0 Å². The minimum Gasteiger partial charge on any atom is -0.344 e. The van der Waals surface area contributed by atoms with E-state index in [1.54, 1.807) is 0 Å². The van der Waals surface area contributed by atoms with Crippen molar-refractivity contribution in [3.8, 4) is 0 Å². The highest BCUT2D eigenvalue weighted by Crippen LogP contribution is 2.06. The van der Waals surface area contributed by atoms with Crippen LogP contribution in [-0.2, 0) is 19.2 Å². The molecule has 2 aliphatic rings. The van der Waals surface area contributed by atoms with Gasteiger partial charge < -0.3 is 10.6 Å². The van der Waals surface area contributed by atoms with Crippen molar-refractivity contribution in [1.29, 1.82) is 0 Å².